The van der Waals surface area contributed by atoms with Crippen LogP contribution in [-0.4, -0.2) is 24.9 Å². The van der Waals surface area contributed by atoms with Gasteiger partial charge in [0, 0.05) is 18.7 Å². The number of anilines is 2. The zero-order valence-electron chi connectivity index (χ0n) is 15.5. The first-order valence-corrected chi connectivity index (χ1v) is 10.5. The van der Waals surface area contributed by atoms with Crippen LogP contribution in [0.4, 0.5) is 11.6 Å². The van der Waals surface area contributed by atoms with E-state index in [9.17, 15) is 8.42 Å². The van der Waals surface area contributed by atoms with E-state index in [1.54, 1.807) is 12.1 Å². The smallest absolute Gasteiger partial charge is 0.238 e. The molecule has 0 spiro atoms. The van der Waals surface area contributed by atoms with Gasteiger partial charge in [-0.1, -0.05) is 42.5 Å². The van der Waals surface area contributed by atoms with E-state index in [1.807, 2.05) is 24.3 Å². The van der Waals surface area contributed by atoms with Crippen molar-refractivity contribution in [2.24, 2.45) is 5.14 Å². The van der Waals surface area contributed by atoms with Crippen molar-refractivity contribution < 1.29 is 8.42 Å². The summed E-state index contributed by atoms with van der Waals surface area (Å²) in [6, 6.07) is 18.7. The number of nitrogens with two attached hydrogens (primary N) is 1. The zero-order valence-corrected chi connectivity index (χ0v) is 16.4. The fourth-order valence-corrected chi connectivity index (χ4v) is 3.28. The molecule has 8 heteroatoms. The molecule has 28 heavy (non-hydrogen) atoms. The first-order chi connectivity index (χ1) is 13.4. The molecule has 1 unspecified atom stereocenters. The van der Waals surface area contributed by atoms with E-state index in [-0.39, 0.29) is 10.9 Å². The zero-order chi connectivity index (χ0) is 20.0. The lowest BCUT2D eigenvalue weighted by Gasteiger charge is -2.15. The van der Waals surface area contributed by atoms with Gasteiger partial charge in [0.1, 0.15) is 18.0 Å². The lowest BCUT2D eigenvalue weighted by Crippen LogP contribution is -2.12. The Morgan fingerprint density at radius 1 is 1.00 bits per heavy atom. The van der Waals surface area contributed by atoms with E-state index in [4.69, 9.17) is 5.14 Å². The Bertz CT molecular complexity index is 1010. The van der Waals surface area contributed by atoms with Crippen LogP contribution in [0.25, 0.3) is 0 Å². The number of rotatable bonds is 8. The predicted molar refractivity (Wildman–Crippen MR) is 111 cm³/mol. The van der Waals surface area contributed by atoms with Crippen molar-refractivity contribution >= 4 is 21.7 Å². The molecule has 0 aliphatic heterocycles. The van der Waals surface area contributed by atoms with Crippen LogP contribution >= 0.6 is 0 Å². The average molecular weight is 398 g/mol. The van der Waals surface area contributed by atoms with Crippen LogP contribution in [0.1, 0.15) is 24.1 Å². The largest absolute Gasteiger partial charge is 0.370 e. The third-order valence-electron chi connectivity index (χ3n) is 4.30. The number of aromatic nitrogens is 2. The van der Waals surface area contributed by atoms with Crippen LogP contribution < -0.4 is 15.8 Å². The van der Waals surface area contributed by atoms with Crippen LogP contribution in [0.2, 0.25) is 0 Å². The molecule has 0 fully saturated rings. The summed E-state index contributed by atoms with van der Waals surface area (Å²) in [6.45, 7) is 2.73. The Morgan fingerprint density at radius 2 is 1.68 bits per heavy atom. The van der Waals surface area contributed by atoms with Crippen LogP contribution in [0.5, 0.6) is 0 Å². The third kappa shape index (κ3) is 5.51. The molecule has 1 atom stereocenters. The highest BCUT2D eigenvalue weighted by atomic mass is 32.2. The molecule has 3 rings (SSSR count). The van der Waals surface area contributed by atoms with Crippen molar-refractivity contribution in [2.45, 2.75) is 24.3 Å². The van der Waals surface area contributed by atoms with E-state index in [2.05, 4.69) is 39.7 Å². The number of benzene rings is 2. The summed E-state index contributed by atoms with van der Waals surface area (Å²) in [5.74, 6) is 1.46. The highest BCUT2D eigenvalue weighted by Gasteiger charge is 2.08. The molecule has 146 valence electrons. The van der Waals surface area contributed by atoms with Crippen molar-refractivity contribution in [1.82, 2.24) is 9.97 Å². The second-order valence-corrected chi connectivity index (χ2v) is 7.99. The SMILES string of the molecule is CC(Nc1cc(NCCc2ccc(S(N)(=O)=O)cc2)ncn1)c1ccccc1. The molecule has 1 aromatic heterocycles. The van der Waals surface area contributed by atoms with Gasteiger partial charge >= 0.3 is 0 Å². The Hall–Kier alpha value is -2.97. The van der Waals surface area contributed by atoms with E-state index < -0.39 is 10.0 Å². The number of nitrogens with one attached hydrogen (secondary N) is 2. The maximum Gasteiger partial charge on any atom is 0.238 e. The minimum atomic E-state index is -3.66. The van der Waals surface area contributed by atoms with Crippen LogP contribution in [0.15, 0.2) is 71.9 Å². The summed E-state index contributed by atoms with van der Waals surface area (Å²) in [4.78, 5) is 8.63. The van der Waals surface area contributed by atoms with Gasteiger partial charge in [-0.15, -0.1) is 0 Å². The molecule has 1 heterocycles. The number of hydrogen-bond donors (Lipinski definition) is 3. The van der Waals surface area contributed by atoms with Crippen molar-refractivity contribution in [3.05, 3.63) is 78.1 Å². The van der Waals surface area contributed by atoms with Crippen molar-refractivity contribution in [2.75, 3.05) is 17.2 Å². The predicted octanol–water partition coefficient (Wildman–Crippen LogP) is 2.95. The van der Waals surface area contributed by atoms with Gasteiger partial charge in [0.2, 0.25) is 10.0 Å². The minimum absolute atomic E-state index is 0.114. The van der Waals surface area contributed by atoms with Gasteiger partial charge in [0.15, 0.2) is 0 Å². The van der Waals surface area contributed by atoms with Gasteiger partial charge in [-0.2, -0.15) is 0 Å². The molecule has 0 saturated heterocycles. The second-order valence-electron chi connectivity index (χ2n) is 6.43. The molecule has 0 bridgehead atoms. The number of nitrogens with zero attached hydrogens (tertiary/aromatic N) is 2. The fourth-order valence-electron chi connectivity index (χ4n) is 2.76. The molecule has 7 nitrogen and oxygen atoms in total. The highest BCUT2D eigenvalue weighted by molar-refractivity contribution is 7.89. The quantitative estimate of drug-likeness (QED) is 0.539. The highest BCUT2D eigenvalue weighted by Crippen LogP contribution is 2.18. The molecule has 4 N–H and O–H groups in total. The van der Waals surface area contributed by atoms with Crippen LogP contribution in [0, 0.1) is 0 Å². The summed E-state index contributed by atoms with van der Waals surface area (Å²) >= 11 is 0. The summed E-state index contributed by atoms with van der Waals surface area (Å²) < 4.78 is 22.6. The maximum absolute atomic E-state index is 11.3. The molecular weight excluding hydrogens is 374 g/mol. The number of sulfonamides is 1. The molecular formula is C20H23N5O2S. The van der Waals surface area contributed by atoms with Gasteiger partial charge in [0.05, 0.1) is 4.90 Å². The maximum atomic E-state index is 11.3. The number of hydrogen-bond acceptors (Lipinski definition) is 6. The Balaban J connectivity index is 1.55. The summed E-state index contributed by atoms with van der Waals surface area (Å²) in [5.41, 5.74) is 2.18. The van der Waals surface area contributed by atoms with Gasteiger partial charge in [-0.25, -0.2) is 23.5 Å². The first-order valence-electron chi connectivity index (χ1n) is 8.91. The Kier molecular flexibility index (Phi) is 6.23. The van der Waals surface area contributed by atoms with Crippen LogP contribution in [0.3, 0.4) is 0 Å². The molecule has 0 saturated carbocycles. The molecule has 3 aromatic rings. The summed E-state index contributed by atoms with van der Waals surface area (Å²) in [5, 5.41) is 11.7. The first kappa shape index (κ1) is 19.8. The van der Waals surface area contributed by atoms with Crippen molar-refractivity contribution in [3.63, 3.8) is 0 Å². The lowest BCUT2D eigenvalue weighted by atomic mass is 10.1. The normalized spacial score (nSPS) is 12.4. The minimum Gasteiger partial charge on any atom is -0.370 e. The van der Waals surface area contributed by atoms with Gasteiger partial charge in [-0.3, -0.25) is 0 Å². The molecule has 0 radical (unpaired) electrons. The molecule has 2 aromatic carbocycles. The van der Waals surface area contributed by atoms with Crippen molar-refractivity contribution in [1.29, 1.82) is 0 Å². The third-order valence-corrected chi connectivity index (χ3v) is 5.23. The molecule has 0 aliphatic rings. The van der Waals surface area contributed by atoms with Crippen LogP contribution in [-0.2, 0) is 16.4 Å². The summed E-state index contributed by atoms with van der Waals surface area (Å²) in [6.07, 6.45) is 2.24. The number of primary sulfonamides is 1. The lowest BCUT2D eigenvalue weighted by molar-refractivity contribution is 0.598. The standard InChI is InChI=1S/C20H23N5O2S/c1-15(17-5-3-2-4-6-17)25-20-13-19(23-14-24-20)22-12-11-16-7-9-18(10-8-16)28(21,26)27/h2-10,13-15H,11-12H2,1H3,(H2,21,26,27)(H2,22,23,24,25). The van der Waals surface area contributed by atoms with E-state index >= 15 is 0 Å². The summed E-state index contributed by atoms with van der Waals surface area (Å²) in [7, 11) is -3.66. The topological polar surface area (TPSA) is 110 Å². The Labute approximate surface area is 165 Å². The van der Waals surface area contributed by atoms with Gasteiger partial charge in [-0.05, 0) is 36.6 Å². The Morgan fingerprint density at radius 3 is 2.36 bits per heavy atom. The van der Waals surface area contributed by atoms with E-state index in [1.165, 1.54) is 24.0 Å². The van der Waals surface area contributed by atoms with Gasteiger partial charge in [0.25, 0.3) is 0 Å². The second kappa shape index (κ2) is 8.81. The van der Waals surface area contributed by atoms with Crippen molar-refractivity contribution in [3.8, 4) is 0 Å². The van der Waals surface area contributed by atoms with Gasteiger partial charge < -0.3 is 10.6 Å². The monoisotopic (exact) mass is 397 g/mol. The molecule has 0 amide bonds. The van der Waals surface area contributed by atoms with E-state index in [0.29, 0.717) is 6.54 Å². The fraction of sp³-hybridized carbons (Fsp3) is 0.200. The van der Waals surface area contributed by atoms with E-state index in [0.717, 1.165) is 23.6 Å². The average Bonchev–Trinajstić information content (AvgIpc) is 2.69. The molecule has 0 aliphatic carbocycles.